The van der Waals surface area contributed by atoms with Crippen LogP contribution in [-0.4, -0.2) is 35.2 Å². The van der Waals surface area contributed by atoms with Gasteiger partial charge in [-0.2, -0.15) is 13.2 Å². The van der Waals surface area contributed by atoms with E-state index in [1.165, 1.54) is 18.5 Å². The average molecular weight is 303 g/mol. The molecule has 0 aliphatic carbocycles. The molecule has 0 fully saturated rings. The first-order chi connectivity index (χ1) is 9.42. The third-order valence-electron chi connectivity index (χ3n) is 1.99. The molecular formula is C12H12F3N3OS. The lowest BCUT2D eigenvalue weighted by atomic mass is 10.2. The number of nitrogens with one attached hydrogen (secondary N) is 1. The third-order valence-corrected chi connectivity index (χ3v) is 2.72. The fourth-order valence-electron chi connectivity index (χ4n) is 1.22. The number of nitrogens with two attached hydrogens (primary N) is 1. The summed E-state index contributed by atoms with van der Waals surface area (Å²) in [6.07, 6.45) is 2.79. The molecule has 1 aromatic heterocycles. The van der Waals surface area contributed by atoms with Gasteiger partial charge in [0.05, 0.1) is 12.1 Å². The summed E-state index contributed by atoms with van der Waals surface area (Å²) in [6, 6.07) is 1.50. The number of aromatic nitrogens is 1. The second-order valence-electron chi connectivity index (χ2n) is 3.52. The first-order valence-electron chi connectivity index (χ1n) is 5.55. The number of halogens is 3. The van der Waals surface area contributed by atoms with E-state index in [9.17, 15) is 18.0 Å². The summed E-state index contributed by atoms with van der Waals surface area (Å²) in [5, 5.41) is 2.38. The van der Waals surface area contributed by atoms with Crippen molar-refractivity contribution < 1.29 is 18.0 Å². The van der Waals surface area contributed by atoms with Crippen LogP contribution in [0.4, 0.5) is 13.2 Å². The Labute approximate surface area is 118 Å². The van der Waals surface area contributed by atoms with Crippen molar-refractivity contribution >= 4 is 17.7 Å². The molecule has 3 N–H and O–H groups in total. The fourth-order valence-corrected chi connectivity index (χ4v) is 1.65. The molecule has 0 spiro atoms. The molecule has 108 valence electrons. The van der Waals surface area contributed by atoms with Gasteiger partial charge in [-0.15, -0.1) is 0 Å². The number of rotatable bonds is 4. The predicted molar refractivity (Wildman–Crippen MR) is 71.0 cm³/mol. The van der Waals surface area contributed by atoms with Gasteiger partial charge in [0.15, 0.2) is 0 Å². The van der Waals surface area contributed by atoms with Gasteiger partial charge in [-0.05, 0) is 17.8 Å². The van der Waals surface area contributed by atoms with Gasteiger partial charge in [0.2, 0.25) is 0 Å². The zero-order valence-electron chi connectivity index (χ0n) is 10.3. The number of pyridine rings is 1. The van der Waals surface area contributed by atoms with Crippen molar-refractivity contribution in [2.45, 2.75) is 5.51 Å². The molecule has 0 saturated heterocycles. The highest BCUT2D eigenvalue weighted by atomic mass is 32.2. The van der Waals surface area contributed by atoms with E-state index in [2.05, 4.69) is 22.1 Å². The first-order valence-corrected chi connectivity index (χ1v) is 6.54. The van der Waals surface area contributed by atoms with Gasteiger partial charge >= 0.3 is 5.51 Å². The maximum Gasteiger partial charge on any atom is 0.441 e. The lowest BCUT2D eigenvalue weighted by molar-refractivity contribution is -0.0327. The molecule has 0 aromatic carbocycles. The second kappa shape index (κ2) is 7.77. The van der Waals surface area contributed by atoms with Crippen LogP contribution in [0.2, 0.25) is 0 Å². The van der Waals surface area contributed by atoms with E-state index in [-0.39, 0.29) is 36.2 Å². The topological polar surface area (TPSA) is 68.0 Å². The summed E-state index contributed by atoms with van der Waals surface area (Å²) in [6.45, 7) is 0.104. The van der Waals surface area contributed by atoms with Crippen molar-refractivity contribution in [2.75, 3.05) is 18.8 Å². The van der Waals surface area contributed by atoms with Crippen LogP contribution in [-0.2, 0) is 0 Å². The standard InChI is InChI=1S/C12H12F3N3OS/c13-12(14,15)20-5-4-18-11(19)10-6-9(2-1-3-16)7-17-8-10/h6-8H,3-5,16H2,(H,18,19). The number of carbonyl (C=O) groups excluding carboxylic acids is 1. The Balaban J connectivity index is 2.51. The maximum atomic E-state index is 11.9. The largest absolute Gasteiger partial charge is 0.441 e. The Morgan fingerprint density at radius 1 is 1.45 bits per heavy atom. The third kappa shape index (κ3) is 6.45. The summed E-state index contributed by atoms with van der Waals surface area (Å²) < 4.78 is 35.7. The molecule has 1 rings (SSSR count). The zero-order chi connectivity index (χ0) is 15.0. The Hall–Kier alpha value is -1.72. The molecular weight excluding hydrogens is 291 g/mol. The minimum Gasteiger partial charge on any atom is -0.351 e. The van der Waals surface area contributed by atoms with E-state index >= 15 is 0 Å². The Morgan fingerprint density at radius 2 is 2.20 bits per heavy atom. The molecule has 0 radical (unpaired) electrons. The number of nitrogens with zero attached hydrogens (tertiary/aromatic N) is 1. The van der Waals surface area contributed by atoms with Crippen molar-refractivity contribution in [3.8, 4) is 11.8 Å². The maximum absolute atomic E-state index is 11.9. The van der Waals surface area contributed by atoms with E-state index in [0.717, 1.165) is 0 Å². The lowest BCUT2D eigenvalue weighted by Gasteiger charge is -2.07. The lowest BCUT2D eigenvalue weighted by Crippen LogP contribution is -2.26. The molecule has 4 nitrogen and oxygen atoms in total. The Bertz CT molecular complexity index is 523. The number of alkyl halides is 3. The smallest absolute Gasteiger partial charge is 0.351 e. The number of thioether (sulfide) groups is 1. The molecule has 20 heavy (non-hydrogen) atoms. The van der Waals surface area contributed by atoms with Crippen LogP contribution in [0, 0.1) is 11.8 Å². The van der Waals surface area contributed by atoms with Gasteiger partial charge in [0.1, 0.15) is 0 Å². The molecule has 1 aromatic rings. The first kappa shape index (κ1) is 16.3. The molecule has 0 bridgehead atoms. The molecule has 1 amide bonds. The highest BCUT2D eigenvalue weighted by Gasteiger charge is 2.27. The average Bonchev–Trinajstić information content (AvgIpc) is 2.40. The molecule has 0 unspecified atom stereocenters. The monoisotopic (exact) mass is 303 g/mol. The normalized spacial score (nSPS) is 10.6. The van der Waals surface area contributed by atoms with Crippen LogP contribution in [0.15, 0.2) is 18.5 Å². The van der Waals surface area contributed by atoms with Crippen molar-refractivity contribution in [3.05, 3.63) is 29.6 Å². The summed E-state index contributed by atoms with van der Waals surface area (Å²) in [5.74, 6) is 4.60. The number of carbonyl (C=O) groups is 1. The molecule has 0 aliphatic heterocycles. The Kier molecular flexibility index (Phi) is 6.35. The van der Waals surface area contributed by atoms with Crippen LogP contribution in [0.25, 0.3) is 0 Å². The quantitative estimate of drug-likeness (QED) is 0.651. The van der Waals surface area contributed by atoms with Gasteiger partial charge in [0, 0.05) is 30.3 Å². The van der Waals surface area contributed by atoms with Crippen LogP contribution < -0.4 is 11.1 Å². The number of hydrogen-bond acceptors (Lipinski definition) is 4. The van der Waals surface area contributed by atoms with Crippen LogP contribution in [0.1, 0.15) is 15.9 Å². The highest BCUT2D eigenvalue weighted by molar-refractivity contribution is 8.00. The van der Waals surface area contributed by atoms with Crippen LogP contribution in [0.5, 0.6) is 0 Å². The minimum atomic E-state index is -4.29. The molecule has 0 saturated carbocycles. The van der Waals surface area contributed by atoms with E-state index in [0.29, 0.717) is 5.56 Å². The number of amides is 1. The van der Waals surface area contributed by atoms with Crippen molar-refractivity contribution in [1.82, 2.24) is 10.3 Å². The minimum absolute atomic E-state index is 0.0816. The summed E-state index contributed by atoms with van der Waals surface area (Å²) in [4.78, 5) is 15.5. The van der Waals surface area contributed by atoms with Gasteiger partial charge in [-0.25, -0.2) is 0 Å². The molecule has 0 aliphatic rings. The predicted octanol–water partition coefficient (Wildman–Crippen LogP) is 1.37. The van der Waals surface area contributed by atoms with E-state index in [4.69, 9.17) is 5.73 Å². The van der Waals surface area contributed by atoms with Crippen molar-refractivity contribution in [2.24, 2.45) is 5.73 Å². The summed E-state index contributed by atoms with van der Waals surface area (Å²) in [7, 11) is 0. The molecule has 8 heteroatoms. The van der Waals surface area contributed by atoms with E-state index < -0.39 is 11.4 Å². The van der Waals surface area contributed by atoms with Crippen LogP contribution in [0.3, 0.4) is 0 Å². The molecule has 0 atom stereocenters. The SMILES string of the molecule is NCC#Cc1cncc(C(=O)NCCSC(F)(F)F)c1. The highest BCUT2D eigenvalue weighted by Crippen LogP contribution is 2.29. The fraction of sp³-hybridized carbons (Fsp3) is 0.333. The number of hydrogen-bond donors (Lipinski definition) is 2. The molecule has 1 heterocycles. The summed E-state index contributed by atoms with van der Waals surface area (Å²) >= 11 is -0.182. The van der Waals surface area contributed by atoms with Gasteiger partial charge < -0.3 is 11.1 Å². The van der Waals surface area contributed by atoms with E-state index in [1.54, 1.807) is 0 Å². The van der Waals surface area contributed by atoms with Gasteiger partial charge in [-0.3, -0.25) is 9.78 Å². The van der Waals surface area contributed by atoms with Crippen LogP contribution >= 0.6 is 11.8 Å². The van der Waals surface area contributed by atoms with Crippen molar-refractivity contribution in [3.63, 3.8) is 0 Å². The Morgan fingerprint density at radius 3 is 2.85 bits per heavy atom. The van der Waals surface area contributed by atoms with Gasteiger partial charge in [-0.1, -0.05) is 11.8 Å². The summed E-state index contributed by atoms with van der Waals surface area (Å²) in [5.41, 5.74) is 1.70. The van der Waals surface area contributed by atoms with Gasteiger partial charge in [0.25, 0.3) is 5.91 Å². The van der Waals surface area contributed by atoms with E-state index in [1.807, 2.05) is 0 Å². The second-order valence-corrected chi connectivity index (χ2v) is 4.68. The zero-order valence-corrected chi connectivity index (χ0v) is 11.1. The van der Waals surface area contributed by atoms with Crippen molar-refractivity contribution in [1.29, 1.82) is 0 Å².